The number of carbonyl (C=O) groups excluding carboxylic acids is 1. The van der Waals surface area contributed by atoms with Crippen molar-refractivity contribution in [3.63, 3.8) is 0 Å². The van der Waals surface area contributed by atoms with E-state index in [1.165, 1.54) is 4.31 Å². The minimum Gasteiger partial charge on any atom is -0.379 e. The highest BCUT2D eigenvalue weighted by Gasteiger charge is 2.25. The van der Waals surface area contributed by atoms with Crippen LogP contribution in [-0.2, 0) is 33.6 Å². The highest BCUT2D eigenvalue weighted by molar-refractivity contribution is 7.88. The summed E-state index contributed by atoms with van der Waals surface area (Å²) in [4.78, 5) is 12.9. The second kappa shape index (κ2) is 9.21. The summed E-state index contributed by atoms with van der Waals surface area (Å²) in [6, 6.07) is 17.1. The summed E-state index contributed by atoms with van der Waals surface area (Å²) in [6.45, 7) is 4.55. The number of sulfonamides is 1. The number of carbonyl (C=O) groups is 1. The number of para-hydroxylation sites is 1. The number of ether oxygens (including phenoxy) is 1. The predicted octanol–water partition coefficient (Wildman–Crippen LogP) is 2.75. The van der Waals surface area contributed by atoms with Crippen LogP contribution >= 0.6 is 0 Å². The summed E-state index contributed by atoms with van der Waals surface area (Å²) in [6.07, 6.45) is 0. The molecule has 2 aromatic carbocycles. The summed E-state index contributed by atoms with van der Waals surface area (Å²) in [5, 5.41) is 3.99. The van der Waals surface area contributed by atoms with E-state index in [1.54, 1.807) is 0 Å². The van der Waals surface area contributed by atoms with Gasteiger partial charge in [0.25, 0.3) is 5.91 Å². The van der Waals surface area contributed by atoms with Gasteiger partial charge in [-0.05, 0) is 30.2 Å². The van der Waals surface area contributed by atoms with Crippen molar-refractivity contribution in [2.75, 3.05) is 26.3 Å². The minimum absolute atomic E-state index is 0.0890. The van der Waals surface area contributed by atoms with Gasteiger partial charge in [0.05, 0.1) is 19.0 Å². The van der Waals surface area contributed by atoms with Crippen LogP contribution in [0, 0.1) is 0 Å². The molecule has 2 heterocycles. The lowest BCUT2D eigenvalue weighted by Gasteiger charge is -2.26. The van der Waals surface area contributed by atoms with Crippen molar-refractivity contribution in [3.8, 4) is 0 Å². The SMILES string of the molecule is CCn1c(C(=O)NCc2ccccc2CS(=O)(=O)N2CCOCC2)cc2ccccc21. The molecule has 0 unspecified atom stereocenters. The zero-order valence-corrected chi connectivity index (χ0v) is 18.4. The number of aryl methyl sites for hydroxylation is 1. The van der Waals surface area contributed by atoms with Gasteiger partial charge in [0.15, 0.2) is 0 Å². The molecule has 8 heteroatoms. The minimum atomic E-state index is -3.44. The fourth-order valence-corrected chi connectivity index (χ4v) is 5.55. The van der Waals surface area contributed by atoms with Crippen LogP contribution < -0.4 is 5.32 Å². The molecule has 0 spiro atoms. The fourth-order valence-electron chi connectivity index (χ4n) is 3.99. The average molecular weight is 442 g/mol. The first-order valence-electron chi connectivity index (χ1n) is 10.5. The highest BCUT2D eigenvalue weighted by Crippen LogP contribution is 2.20. The molecular formula is C23H27N3O4S. The Morgan fingerprint density at radius 3 is 2.45 bits per heavy atom. The smallest absolute Gasteiger partial charge is 0.268 e. The van der Waals surface area contributed by atoms with Gasteiger partial charge in [-0.2, -0.15) is 4.31 Å². The molecule has 4 rings (SSSR count). The first-order valence-corrected chi connectivity index (χ1v) is 12.1. The highest BCUT2D eigenvalue weighted by atomic mass is 32.2. The van der Waals surface area contributed by atoms with Crippen LogP contribution in [0.2, 0.25) is 0 Å². The van der Waals surface area contributed by atoms with Crippen molar-refractivity contribution in [3.05, 3.63) is 71.4 Å². The standard InChI is InChI=1S/C23H27N3O4S/c1-2-26-21-10-6-5-7-18(21)15-22(26)23(27)24-16-19-8-3-4-9-20(19)17-31(28,29)25-11-13-30-14-12-25/h3-10,15H,2,11-14,16-17H2,1H3,(H,24,27). The lowest BCUT2D eigenvalue weighted by molar-refractivity contribution is 0.0729. The summed E-state index contributed by atoms with van der Waals surface area (Å²) < 4.78 is 34.4. The van der Waals surface area contributed by atoms with Crippen LogP contribution in [0.25, 0.3) is 10.9 Å². The molecule has 31 heavy (non-hydrogen) atoms. The third-order valence-corrected chi connectivity index (χ3v) is 7.45. The number of benzene rings is 2. The molecule has 1 fully saturated rings. The van der Waals surface area contributed by atoms with Crippen molar-refractivity contribution in [2.24, 2.45) is 0 Å². The van der Waals surface area contributed by atoms with E-state index in [1.807, 2.05) is 66.1 Å². The first kappa shape index (κ1) is 21.5. The van der Waals surface area contributed by atoms with E-state index < -0.39 is 10.0 Å². The van der Waals surface area contributed by atoms with Gasteiger partial charge in [-0.15, -0.1) is 0 Å². The van der Waals surface area contributed by atoms with Crippen LogP contribution in [0.5, 0.6) is 0 Å². The van der Waals surface area contributed by atoms with Crippen LogP contribution in [0.1, 0.15) is 28.5 Å². The van der Waals surface area contributed by atoms with Crippen LogP contribution in [0.15, 0.2) is 54.6 Å². The van der Waals surface area contributed by atoms with Gasteiger partial charge in [0, 0.05) is 37.1 Å². The molecule has 0 saturated carbocycles. The van der Waals surface area contributed by atoms with Gasteiger partial charge in [0.1, 0.15) is 5.69 Å². The second-order valence-corrected chi connectivity index (χ2v) is 9.52. The van der Waals surface area contributed by atoms with E-state index in [0.29, 0.717) is 44.1 Å². The van der Waals surface area contributed by atoms with Crippen molar-refractivity contribution in [1.82, 2.24) is 14.2 Å². The number of rotatable bonds is 7. The van der Waals surface area contributed by atoms with Crippen molar-refractivity contribution < 1.29 is 17.9 Å². The molecule has 1 aromatic heterocycles. The number of nitrogens with zero attached hydrogens (tertiary/aromatic N) is 2. The quantitative estimate of drug-likeness (QED) is 0.611. The van der Waals surface area contributed by atoms with Crippen LogP contribution in [0.4, 0.5) is 0 Å². The summed E-state index contributed by atoms with van der Waals surface area (Å²) >= 11 is 0. The number of hydrogen-bond donors (Lipinski definition) is 1. The molecule has 1 aliphatic rings. The van der Waals surface area contributed by atoms with E-state index in [9.17, 15) is 13.2 Å². The molecular weight excluding hydrogens is 414 g/mol. The molecule has 1 aliphatic heterocycles. The maximum Gasteiger partial charge on any atom is 0.268 e. The Kier molecular flexibility index (Phi) is 6.41. The maximum atomic E-state index is 12.9. The third-order valence-electron chi connectivity index (χ3n) is 5.62. The fraction of sp³-hybridized carbons (Fsp3) is 0.348. The van der Waals surface area contributed by atoms with Gasteiger partial charge < -0.3 is 14.6 Å². The zero-order chi connectivity index (χ0) is 21.8. The lowest BCUT2D eigenvalue weighted by atomic mass is 10.1. The number of morpholine rings is 1. The van der Waals surface area contributed by atoms with E-state index in [4.69, 9.17) is 4.74 Å². The van der Waals surface area contributed by atoms with Crippen molar-refractivity contribution >= 4 is 26.8 Å². The summed E-state index contributed by atoms with van der Waals surface area (Å²) in [7, 11) is -3.44. The van der Waals surface area contributed by atoms with Crippen molar-refractivity contribution in [1.29, 1.82) is 0 Å². The van der Waals surface area contributed by atoms with E-state index >= 15 is 0 Å². The first-order chi connectivity index (χ1) is 15.0. The molecule has 1 amide bonds. The predicted molar refractivity (Wildman–Crippen MR) is 120 cm³/mol. The van der Waals surface area contributed by atoms with Crippen molar-refractivity contribution in [2.45, 2.75) is 25.8 Å². The van der Waals surface area contributed by atoms with Gasteiger partial charge in [-0.25, -0.2) is 8.42 Å². The number of aromatic nitrogens is 1. The molecule has 1 saturated heterocycles. The number of fused-ring (bicyclic) bond motifs is 1. The molecule has 164 valence electrons. The molecule has 0 atom stereocenters. The zero-order valence-electron chi connectivity index (χ0n) is 17.6. The number of amides is 1. The van der Waals surface area contributed by atoms with E-state index in [2.05, 4.69) is 5.32 Å². The maximum absolute atomic E-state index is 12.9. The Hall–Kier alpha value is -2.68. The topological polar surface area (TPSA) is 80.6 Å². The Morgan fingerprint density at radius 1 is 1.03 bits per heavy atom. The third kappa shape index (κ3) is 4.66. The Morgan fingerprint density at radius 2 is 1.71 bits per heavy atom. The molecule has 0 aliphatic carbocycles. The summed E-state index contributed by atoms with van der Waals surface area (Å²) in [5.41, 5.74) is 3.12. The lowest BCUT2D eigenvalue weighted by Crippen LogP contribution is -2.41. The Bertz CT molecular complexity index is 1180. The normalized spacial score (nSPS) is 15.3. The summed E-state index contributed by atoms with van der Waals surface area (Å²) in [5.74, 6) is -0.266. The number of hydrogen-bond acceptors (Lipinski definition) is 4. The number of nitrogens with one attached hydrogen (secondary N) is 1. The second-order valence-electron chi connectivity index (χ2n) is 7.55. The average Bonchev–Trinajstić information content (AvgIpc) is 3.17. The van der Waals surface area contributed by atoms with Crippen LogP contribution in [0.3, 0.4) is 0 Å². The molecule has 7 nitrogen and oxygen atoms in total. The molecule has 0 bridgehead atoms. The van der Waals surface area contributed by atoms with Gasteiger partial charge >= 0.3 is 0 Å². The monoisotopic (exact) mass is 441 g/mol. The van der Waals surface area contributed by atoms with E-state index in [0.717, 1.165) is 16.5 Å². The molecule has 0 radical (unpaired) electrons. The van der Waals surface area contributed by atoms with Crippen LogP contribution in [-0.4, -0.2) is 49.5 Å². The van der Waals surface area contributed by atoms with Gasteiger partial charge in [-0.3, -0.25) is 4.79 Å². The van der Waals surface area contributed by atoms with Gasteiger partial charge in [-0.1, -0.05) is 42.5 Å². The Labute approximate surface area is 182 Å². The van der Waals surface area contributed by atoms with Gasteiger partial charge in [0.2, 0.25) is 10.0 Å². The molecule has 3 aromatic rings. The molecule has 1 N–H and O–H groups in total. The largest absolute Gasteiger partial charge is 0.379 e. The van der Waals surface area contributed by atoms with E-state index in [-0.39, 0.29) is 18.2 Å². The Balaban J connectivity index is 1.50.